The van der Waals surface area contributed by atoms with Gasteiger partial charge in [-0.1, -0.05) is 322 Å². The highest BCUT2D eigenvalue weighted by molar-refractivity contribution is 7.27. The molecule has 2 heteroatoms. The van der Waals surface area contributed by atoms with Crippen molar-refractivity contribution < 1.29 is 0 Å². The van der Waals surface area contributed by atoms with Gasteiger partial charge in [-0.3, -0.25) is 0 Å². The maximum Gasteiger partial charge on any atom is 0.0434 e. The summed E-state index contributed by atoms with van der Waals surface area (Å²) in [4.78, 5) is 0. The van der Waals surface area contributed by atoms with Crippen molar-refractivity contribution in [2.24, 2.45) is 0 Å². The highest BCUT2D eigenvalue weighted by atomic mass is 32.1. The minimum atomic E-state index is 1.20. The summed E-state index contributed by atoms with van der Waals surface area (Å²) < 4.78 is 5.35. The second-order valence-corrected chi connectivity index (χ2v) is 29.6. The van der Waals surface area contributed by atoms with E-state index in [1.165, 1.54) is 226 Å². The lowest BCUT2D eigenvalue weighted by atomic mass is 9.83. The van der Waals surface area contributed by atoms with Crippen LogP contribution in [-0.4, -0.2) is 0 Å². The van der Waals surface area contributed by atoms with E-state index in [0.717, 1.165) is 0 Å². The third-order valence-corrected chi connectivity index (χ3v) is 24.7. The summed E-state index contributed by atoms with van der Waals surface area (Å²) in [5, 5.41) is 30.6. The summed E-state index contributed by atoms with van der Waals surface area (Å²) in [5.74, 6) is 0. The predicted molar refractivity (Wildman–Crippen MR) is 445 cm³/mol. The van der Waals surface area contributed by atoms with Gasteiger partial charge in [0.25, 0.3) is 0 Å². The van der Waals surface area contributed by atoms with Gasteiger partial charge in [0.05, 0.1) is 0 Å². The molecular weight excluding hydrogens is 1270 g/mol. The van der Waals surface area contributed by atoms with E-state index in [9.17, 15) is 0 Å². The van der Waals surface area contributed by atoms with E-state index in [1.54, 1.807) is 0 Å². The molecule has 2 aromatic heterocycles. The van der Waals surface area contributed by atoms with Crippen LogP contribution in [0.25, 0.3) is 226 Å². The second-order valence-electron chi connectivity index (χ2n) is 27.6. The Hall–Kier alpha value is -12.6. The highest BCUT2D eigenvalue weighted by Gasteiger charge is 2.23. The highest BCUT2D eigenvalue weighted by Crippen LogP contribution is 2.51. The molecule has 0 unspecified atom stereocenters. The fourth-order valence-electron chi connectivity index (χ4n) is 17.5. The molecule has 0 aliphatic heterocycles. The van der Waals surface area contributed by atoms with Gasteiger partial charge in [0.1, 0.15) is 0 Å². The Bertz CT molecular complexity index is 7240. The van der Waals surface area contributed by atoms with Crippen molar-refractivity contribution in [2.45, 2.75) is 0 Å². The van der Waals surface area contributed by atoms with E-state index in [-0.39, 0.29) is 0 Å². The van der Waals surface area contributed by atoms with Crippen LogP contribution in [0.3, 0.4) is 0 Å². The third kappa shape index (κ3) is 8.67. The molecule has 0 radical (unpaired) electrons. The van der Waals surface area contributed by atoms with Gasteiger partial charge < -0.3 is 0 Å². The number of rotatable bonds is 7. The van der Waals surface area contributed by atoms with Crippen molar-refractivity contribution in [2.75, 3.05) is 0 Å². The van der Waals surface area contributed by atoms with E-state index < -0.39 is 0 Å². The van der Waals surface area contributed by atoms with Crippen LogP contribution in [0.4, 0.5) is 0 Å². The average molecular weight is 1320 g/mol. The van der Waals surface area contributed by atoms with Crippen molar-refractivity contribution in [3.8, 4) is 77.9 Å². The molecule has 0 aliphatic rings. The quantitative estimate of drug-likeness (QED) is 0.140. The average Bonchev–Trinajstić information content (AvgIpc) is 0.934. The van der Waals surface area contributed by atoms with Crippen LogP contribution < -0.4 is 0 Å². The first-order valence-corrected chi connectivity index (χ1v) is 36.9. The fourth-order valence-corrected chi connectivity index (χ4v) is 20.2. The summed E-state index contributed by atoms with van der Waals surface area (Å²) in [7, 11) is 0. The van der Waals surface area contributed by atoms with E-state index in [2.05, 4.69) is 352 Å². The lowest BCUT2D eigenvalue weighted by Gasteiger charge is -2.20. The molecule has 0 N–H and O–H groups in total. The molecule has 0 aliphatic carbocycles. The smallest absolute Gasteiger partial charge is 0.0434 e. The minimum absolute atomic E-state index is 1.20. The minimum Gasteiger partial charge on any atom is -0.135 e. The van der Waals surface area contributed by atoms with Crippen molar-refractivity contribution in [1.82, 2.24) is 0 Å². The number of hydrogen-bond donors (Lipinski definition) is 0. The fraction of sp³-hybridized carbons (Fsp3) is 0. The molecule has 0 spiro atoms. The lowest BCUT2D eigenvalue weighted by molar-refractivity contribution is 1.63. The molecule has 470 valence electrons. The zero-order valence-corrected chi connectivity index (χ0v) is 56.9. The van der Waals surface area contributed by atoms with Crippen LogP contribution in [0.1, 0.15) is 0 Å². The van der Waals surface area contributed by atoms with Crippen LogP contribution in [-0.2, 0) is 0 Å². The Kier molecular flexibility index (Phi) is 12.6. The maximum absolute atomic E-state index is 2.42. The van der Waals surface area contributed by atoms with Crippen LogP contribution >= 0.6 is 22.7 Å². The van der Waals surface area contributed by atoms with Crippen LogP contribution in [0.15, 0.2) is 352 Å². The molecule has 0 nitrogen and oxygen atoms in total. The Morgan fingerprint density at radius 1 is 0.137 bits per heavy atom. The zero-order chi connectivity index (χ0) is 66.7. The van der Waals surface area contributed by atoms with Crippen LogP contribution in [0.5, 0.6) is 0 Å². The van der Waals surface area contributed by atoms with Gasteiger partial charge in [-0.2, -0.15) is 0 Å². The Morgan fingerprint density at radius 2 is 0.461 bits per heavy atom. The number of hydrogen-bond acceptors (Lipinski definition) is 2. The van der Waals surface area contributed by atoms with E-state index >= 15 is 0 Å². The van der Waals surface area contributed by atoms with Crippen molar-refractivity contribution in [1.29, 1.82) is 0 Å². The summed E-state index contributed by atoms with van der Waals surface area (Å²) >= 11 is 3.84. The standard InChI is InChI=1S/C100H58S2/c1-2-19-61(20-3-1)94-79-26-10-14-30-83(79)96(84-31-15-11-27-80(84)94)87-52-50-70(75-22-6-8-24-77(75)87)65-41-45-73-67(55-65)44-49-91-92-57-64-39-38-63(54-69(64)58-93(92)101-98(73)91)59-34-36-62(37-35-59)95-81-28-12-16-32-85(81)97(86-33-17-13-29-82(86)95)88-53-51-71(76-23-7-9-25-78(76)88)66-42-46-74-68(56-66)43-48-90-89-47-40-60-18-4-5-21-72(60)99(89)102-100(74)90/h1-58H. The molecule has 22 aromatic rings. The predicted octanol–water partition coefficient (Wildman–Crippen LogP) is 29.6. The summed E-state index contributed by atoms with van der Waals surface area (Å²) in [6.45, 7) is 0. The largest absolute Gasteiger partial charge is 0.135 e. The van der Waals surface area contributed by atoms with Crippen LogP contribution in [0, 0.1) is 0 Å². The van der Waals surface area contributed by atoms with Gasteiger partial charge in [0.15, 0.2) is 0 Å². The van der Waals surface area contributed by atoms with Gasteiger partial charge in [-0.15, -0.1) is 22.7 Å². The zero-order valence-electron chi connectivity index (χ0n) is 55.3. The molecule has 20 aromatic carbocycles. The molecule has 0 fully saturated rings. The summed E-state index contributed by atoms with van der Waals surface area (Å²) in [6, 6.07) is 133. The summed E-state index contributed by atoms with van der Waals surface area (Å²) in [5.41, 5.74) is 17.4. The molecule has 0 amide bonds. The SMILES string of the molecule is c1ccc(-c2c3ccccc3c(-c3ccc(-c4ccc5c(ccc6c7cc8ccc(-c9ccc(-c%10c%11ccccc%11c(-c%11ccc(-c%12ccc%13c(ccc%14c%15ccc%16ccccc%16c%15sc%13%14)c%12)c%12ccccc%11%12)c%11ccccc%10%11)cc9)cc8cc7sc56)c4)c4ccccc34)c3ccccc23)cc1. The molecule has 102 heavy (non-hydrogen) atoms. The van der Waals surface area contributed by atoms with Crippen molar-refractivity contribution in [3.05, 3.63) is 352 Å². The van der Waals surface area contributed by atoms with Gasteiger partial charge in [-0.05, 0) is 216 Å². The van der Waals surface area contributed by atoms with E-state index in [1.807, 2.05) is 22.7 Å². The first-order valence-electron chi connectivity index (χ1n) is 35.3. The van der Waals surface area contributed by atoms with E-state index in [0.29, 0.717) is 0 Å². The first-order chi connectivity index (χ1) is 50.6. The Morgan fingerprint density at radius 3 is 0.961 bits per heavy atom. The Labute approximate surface area is 596 Å². The van der Waals surface area contributed by atoms with E-state index in [4.69, 9.17) is 0 Å². The number of benzene rings is 20. The second kappa shape index (κ2) is 22.5. The van der Waals surface area contributed by atoms with Gasteiger partial charge >= 0.3 is 0 Å². The van der Waals surface area contributed by atoms with Crippen molar-refractivity contribution >= 4 is 171 Å². The van der Waals surface area contributed by atoms with Gasteiger partial charge in [-0.25, -0.2) is 0 Å². The summed E-state index contributed by atoms with van der Waals surface area (Å²) in [6.07, 6.45) is 0. The first kappa shape index (κ1) is 57.4. The lowest BCUT2D eigenvalue weighted by Crippen LogP contribution is -1.92. The monoisotopic (exact) mass is 1320 g/mol. The van der Waals surface area contributed by atoms with Gasteiger partial charge in [0.2, 0.25) is 0 Å². The molecule has 0 bridgehead atoms. The molecule has 2 heterocycles. The molecule has 22 rings (SSSR count). The van der Waals surface area contributed by atoms with Gasteiger partial charge in [0, 0.05) is 40.3 Å². The van der Waals surface area contributed by atoms with Crippen LogP contribution in [0.2, 0.25) is 0 Å². The normalized spacial score (nSPS) is 12.1. The molecular formula is C100H58S2. The maximum atomic E-state index is 2.42. The molecule has 0 saturated carbocycles. The molecule has 0 saturated heterocycles. The number of fused-ring (bicyclic) bond motifs is 19. The number of thiophene rings is 2. The third-order valence-electron chi connectivity index (χ3n) is 22.2. The van der Waals surface area contributed by atoms with Crippen molar-refractivity contribution in [3.63, 3.8) is 0 Å². The molecule has 0 atom stereocenters. The Balaban J connectivity index is 0.589. The topological polar surface area (TPSA) is 0 Å².